The van der Waals surface area contributed by atoms with Crippen LogP contribution in [0, 0.1) is 23.2 Å². The van der Waals surface area contributed by atoms with Gasteiger partial charge in [-0.05, 0) is 37.5 Å². The Morgan fingerprint density at radius 1 is 1.29 bits per heavy atom. The fourth-order valence-electron chi connectivity index (χ4n) is 4.13. The molecule has 3 amide bonds. The van der Waals surface area contributed by atoms with Crippen LogP contribution in [-0.2, 0) is 4.79 Å². The molecule has 0 bridgehead atoms. The maximum absolute atomic E-state index is 12.2. The molecule has 2 saturated heterocycles. The highest BCUT2D eigenvalue weighted by atomic mass is 16.2. The minimum absolute atomic E-state index is 0.0342. The van der Waals surface area contributed by atoms with Crippen LogP contribution in [0.2, 0.25) is 0 Å². The average Bonchev–Trinajstić information content (AvgIpc) is 3.25. The van der Waals surface area contributed by atoms with Gasteiger partial charge >= 0.3 is 6.03 Å². The summed E-state index contributed by atoms with van der Waals surface area (Å²) < 4.78 is 0. The topological polar surface area (TPSA) is 80.0 Å². The van der Waals surface area contributed by atoms with Gasteiger partial charge in [0.2, 0.25) is 5.91 Å². The molecule has 3 atom stereocenters. The van der Waals surface area contributed by atoms with E-state index in [4.69, 9.17) is 5.26 Å². The van der Waals surface area contributed by atoms with Crippen molar-refractivity contribution < 1.29 is 9.59 Å². The molecule has 3 rings (SSSR count). The predicted molar refractivity (Wildman–Crippen MR) is 89.5 cm³/mol. The molecule has 0 aromatic heterocycles. The first-order valence-electron chi connectivity index (χ1n) is 8.67. The molecule has 24 heavy (non-hydrogen) atoms. The molecule has 0 unspecified atom stereocenters. The van der Waals surface area contributed by atoms with Crippen LogP contribution in [0.3, 0.4) is 0 Å². The van der Waals surface area contributed by atoms with Crippen LogP contribution >= 0.6 is 0 Å². The number of carbonyl (C=O) groups is 2. The molecule has 0 aromatic carbocycles. The van der Waals surface area contributed by atoms with Gasteiger partial charge in [0, 0.05) is 39.4 Å². The summed E-state index contributed by atoms with van der Waals surface area (Å²) in [5, 5.41) is 9.07. The molecule has 1 saturated carbocycles. The van der Waals surface area contributed by atoms with Gasteiger partial charge in [-0.25, -0.2) is 4.79 Å². The van der Waals surface area contributed by atoms with Gasteiger partial charge in [-0.1, -0.05) is 0 Å². The summed E-state index contributed by atoms with van der Waals surface area (Å²) in [5.74, 6) is 0.913. The maximum Gasteiger partial charge on any atom is 0.319 e. The van der Waals surface area contributed by atoms with E-state index in [1.807, 2.05) is 4.90 Å². The van der Waals surface area contributed by atoms with Crippen molar-refractivity contribution in [2.24, 2.45) is 16.8 Å². The SMILES string of the molecule is CN(C)C(=O)N1C[C@H]2CC(=NCC(=O)N3CCC[C@H]3C#N)C[C@H]2C1. The summed E-state index contributed by atoms with van der Waals surface area (Å²) in [5.41, 5.74) is 1.10. The summed E-state index contributed by atoms with van der Waals surface area (Å²) in [6, 6.07) is 2.00. The van der Waals surface area contributed by atoms with Crippen LogP contribution in [0.1, 0.15) is 25.7 Å². The highest BCUT2D eigenvalue weighted by Gasteiger charge is 2.41. The second kappa shape index (κ2) is 6.80. The molecule has 7 nitrogen and oxygen atoms in total. The third kappa shape index (κ3) is 3.23. The van der Waals surface area contributed by atoms with E-state index in [9.17, 15) is 9.59 Å². The smallest absolute Gasteiger partial charge is 0.319 e. The van der Waals surface area contributed by atoms with Gasteiger partial charge in [-0.3, -0.25) is 9.79 Å². The zero-order valence-corrected chi connectivity index (χ0v) is 14.4. The zero-order valence-electron chi connectivity index (χ0n) is 14.4. The molecule has 3 fully saturated rings. The van der Waals surface area contributed by atoms with Crippen molar-refractivity contribution in [1.82, 2.24) is 14.7 Å². The number of fused-ring (bicyclic) bond motifs is 1. The number of rotatable bonds is 2. The summed E-state index contributed by atoms with van der Waals surface area (Å²) in [4.78, 5) is 34.0. The number of aliphatic imine (C=N–C) groups is 1. The molecule has 2 heterocycles. The van der Waals surface area contributed by atoms with Crippen molar-refractivity contribution in [2.45, 2.75) is 31.7 Å². The van der Waals surface area contributed by atoms with E-state index in [2.05, 4.69) is 11.1 Å². The summed E-state index contributed by atoms with van der Waals surface area (Å²) in [6.07, 6.45) is 3.45. The summed E-state index contributed by atoms with van der Waals surface area (Å²) in [7, 11) is 3.56. The Balaban J connectivity index is 1.51. The first-order chi connectivity index (χ1) is 11.5. The number of nitrogens with zero attached hydrogens (tertiary/aromatic N) is 5. The first kappa shape index (κ1) is 16.7. The van der Waals surface area contributed by atoms with E-state index in [-0.39, 0.29) is 24.5 Å². The molecule has 1 aliphatic carbocycles. The van der Waals surface area contributed by atoms with E-state index < -0.39 is 0 Å². The van der Waals surface area contributed by atoms with Gasteiger partial charge < -0.3 is 14.7 Å². The van der Waals surface area contributed by atoms with Gasteiger partial charge in [-0.2, -0.15) is 5.26 Å². The fraction of sp³-hybridized carbons (Fsp3) is 0.765. The lowest BCUT2D eigenvalue weighted by Gasteiger charge is -2.22. The van der Waals surface area contributed by atoms with Crippen molar-refractivity contribution in [3.05, 3.63) is 0 Å². The van der Waals surface area contributed by atoms with Crippen LogP contribution in [0.15, 0.2) is 4.99 Å². The Labute approximate surface area is 142 Å². The normalized spacial score (nSPS) is 30.5. The molecule has 0 spiro atoms. The van der Waals surface area contributed by atoms with Crippen molar-refractivity contribution in [3.8, 4) is 6.07 Å². The Kier molecular flexibility index (Phi) is 4.74. The minimum atomic E-state index is -0.272. The van der Waals surface area contributed by atoms with Gasteiger partial charge in [0.15, 0.2) is 0 Å². The largest absolute Gasteiger partial charge is 0.331 e. The van der Waals surface area contributed by atoms with Gasteiger partial charge in [0.05, 0.1) is 6.07 Å². The lowest BCUT2D eigenvalue weighted by Crippen LogP contribution is -2.38. The third-order valence-electron chi connectivity index (χ3n) is 5.39. The Hall–Kier alpha value is -2.10. The van der Waals surface area contributed by atoms with Crippen molar-refractivity contribution in [1.29, 1.82) is 5.26 Å². The average molecular weight is 331 g/mol. The van der Waals surface area contributed by atoms with E-state index >= 15 is 0 Å². The standard InChI is InChI=1S/C17H25N5O2/c1-20(2)17(24)21-10-12-6-14(7-13(12)11-21)19-9-16(23)22-5-3-4-15(22)8-18/h12-13,15H,3-7,9-11H2,1-2H3/t12-,13+,15-/m0/s1. The Morgan fingerprint density at radius 3 is 2.54 bits per heavy atom. The number of hydrogen-bond donors (Lipinski definition) is 0. The van der Waals surface area contributed by atoms with Gasteiger partial charge in [0.25, 0.3) is 0 Å². The fourth-order valence-corrected chi connectivity index (χ4v) is 4.13. The quantitative estimate of drug-likeness (QED) is 0.756. The number of carbonyl (C=O) groups excluding carboxylic acids is 2. The van der Waals surface area contributed by atoms with E-state index in [0.717, 1.165) is 44.5 Å². The summed E-state index contributed by atoms with van der Waals surface area (Å²) >= 11 is 0. The highest BCUT2D eigenvalue weighted by Crippen LogP contribution is 2.36. The summed E-state index contributed by atoms with van der Waals surface area (Å²) in [6.45, 7) is 2.41. The molecule has 3 aliphatic rings. The monoisotopic (exact) mass is 331 g/mol. The number of likely N-dealkylation sites (tertiary alicyclic amines) is 2. The van der Waals surface area contributed by atoms with E-state index in [0.29, 0.717) is 18.4 Å². The minimum Gasteiger partial charge on any atom is -0.331 e. The van der Waals surface area contributed by atoms with E-state index in [1.54, 1.807) is 23.9 Å². The number of amides is 3. The molecule has 7 heteroatoms. The lowest BCUT2D eigenvalue weighted by molar-refractivity contribution is -0.129. The number of hydrogen-bond acceptors (Lipinski definition) is 4. The zero-order chi connectivity index (χ0) is 17.3. The molecule has 2 aliphatic heterocycles. The van der Waals surface area contributed by atoms with Crippen molar-refractivity contribution in [3.63, 3.8) is 0 Å². The third-order valence-corrected chi connectivity index (χ3v) is 5.39. The van der Waals surface area contributed by atoms with Crippen LogP contribution in [0.5, 0.6) is 0 Å². The Bertz CT molecular complexity index is 578. The first-order valence-corrected chi connectivity index (χ1v) is 8.67. The van der Waals surface area contributed by atoms with Gasteiger partial charge in [-0.15, -0.1) is 0 Å². The van der Waals surface area contributed by atoms with Crippen molar-refractivity contribution >= 4 is 17.6 Å². The molecule has 0 N–H and O–H groups in total. The molecule has 130 valence electrons. The Morgan fingerprint density at radius 2 is 1.96 bits per heavy atom. The van der Waals surface area contributed by atoms with Gasteiger partial charge in [0.1, 0.15) is 12.6 Å². The highest BCUT2D eigenvalue weighted by molar-refractivity contribution is 5.90. The maximum atomic E-state index is 12.2. The lowest BCUT2D eigenvalue weighted by atomic mass is 10.0. The molecular formula is C17H25N5O2. The number of nitriles is 1. The second-order valence-corrected chi connectivity index (χ2v) is 7.27. The second-order valence-electron chi connectivity index (χ2n) is 7.27. The van der Waals surface area contributed by atoms with E-state index in [1.165, 1.54) is 0 Å². The van der Waals surface area contributed by atoms with Crippen LogP contribution < -0.4 is 0 Å². The number of urea groups is 1. The van der Waals surface area contributed by atoms with Crippen LogP contribution in [0.4, 0.5) is 4.79 Å². The molecular weight excluding hydrogens is 306 g/mol. The predicted octanol–water partition coefficient (Wildman–Crippen LogP) is 0.965. The molecule has 0 aromatic rings. The van der Waals surface area contributed by atoms with Crippen LogP contribution in [-0.4, -0.2) is 78.7 Å². The van der Waals surface area contributed by atoms with Crippen LogP contribution in [0.25, 0.3) is 0 Å². The molecule has 0 radical (unpaired) electrons. The van der Waals surface area contributed by atoms with Crippen molar-refractivity contribution in [2.75, 3.05) is 40.3 Å².